The molecule has 1 aromatic rings. The smallest absolute Gasteiger partial charge is 0.0142 e. The summed E-state index contributed by atoms with van der Waals surface area (Å²) in [6.45, 7) is 11.6. The first kappa shape index (κ1) is 21.3. The molecular formula is C24H42. The third-order valence-corrected chi connectivity index (χ3v) is 5.60. The molecular weight excluding hydrogens is 288 g/mol. The first-order valence-corrected chi connectivity index (χ1v) is 10.5. The maximum absolute atomic E-state index is 2.35. The molecule has 1 rings (SSSR count). The number of hydrogen-bond donors (Lipinski definition) is 0. The molecule has 0 spiro atoms. The Bertz CT molecular complexity index is 407. The zero-order valence-corrected chi connectivity index (χ0v) is 17.2. The van der Waals surface area contributed by atoms with Crippen LogP contribution < -0.4 is 0 Å². The lowest BCUT2D eigenvalue weighted by Gasteiger charge is -2.27. The van der Waals surface area contributed by atoms with Gasteiger partial charge in [0.05, 0.1) is 0 Å². The summed E-state index contributed by atoms with van der Waals surface area (Å²) in [7, 11) is 0. The van der Waals surface area contributed by atoms with Gasteiger partial charge in [-0.05, 0) is 35.3 Å². The summed E-state index contributed by atoms with van der Waals surface area (Å²) in [4.78, 5) is 0. The summed E-state index contributed by atoms with van der Waals surface area (Å²) in [5.74, 6) is 0.615. The number of aryl methyl sites for hydroxylation is 1. The van der Waals surface area contributed by atoms with Crippen molar-refractivity contribution in [1.82, 2.24) is 0 Å². The Morgan fingerprint density at radius 3 is 1.62 bits per heavy atom. The fourth-order valence-corrected chi connectivity index (χ4v) is 3.29. The quantitative estimate of drug-likeness (QED) is 0.338. The highest BCUT2D eigenvalue weighted by atomic mass is 14.3. The van der Waals surface area contributed by atoms with Crippen LogP contribution in [0.3, 0.4) is 0 Å². The van der Waals surface area contributed by atoms with Crippen molar-refractivity contribution in [1.29, 1.82) is 0 Å². The van der Waals surface area contributed by atoms with Gasteiger partial charge in [-0.2, -0.15) is 0 Å². The van der Waals surface area contributed by atoms with Crippen LogP contribution in [0.25, 0.3) is 0 Å². The second-order valence-electron chi connectivity index (χ2n) is 8.76. The van der Waals surface area contributed by atoms with E-state index < -0.39 is 0 Å². The van der Waals surface area contributed by atoms with Crippen LogP contribution in [-0.2, 0) is 6.42 Å². The first-order chi connectivity index (χ1) is 11.4. The molecule has 0 aliphatic carbocycles. The van der Waals surface area contributed by atoms with Crippen molar-refractivity contribution in [2.45, 2.75) is 111 Å². The van der Waals surface area contributed by atoms with Crippen LogP contribution in [0.5, 0.6) is 0 Å². The minimum absolute atomic E-state index is 0.345. The standard InChI is InChI=1S/C24H42/c1-6-7-8-9-10-11-12-13-14-15-16-22-17-19-23(20-18-22)21(2)24(3,4)5/h17-21H,6-16H2,1-5H3. The molecule has 0 radical (unpaired) electrons. The van der Waals surface area contributed by atoms with Crippen LogP contribution in [0.1, 0.15) is 116 Å². The Balaban J connectivity index is 2.11. The Morgan fingerprint density at radius 1 is 0.708 bits per heavy atom. The van der Waals surface area contributed by atoms with Crippen LogP contribution >= 0.6 is 0 Å². The fourth-order valence-electron chi connectivity index (χ4n) is 3.29. The third-order valence-electron chi connectivity index (χ3n) is 5.60. The minimum atomic E-state index is 0.345. The molecule has 0 bridgehead atoms. The lowest BCUT2D eigenvalue weighted by molar-refractivity contribution is 0.339. The second-order valence-corrected chi connectivity index (χ2v) is 8.76. The van der Waals surface area contributed by atoms with Gasteiger partial charge in [-0.25, -0.2) is 0 Å². The Hall–Kier alpha value is -0.780. The van der Waals surface area contributed by atoms with E-state index in [9.17, 15) is 0 Å². The molecule has 24 heavy (non-hydrogen) atoms. The molecule has 0 saturated carbocycles. The molecule has 0 amide bonds. The Labute approximate surface area is 152 Å². The van der Waals surface area contributed by atoms with Crippen LogP contribution in [0.2, 0.25) is 0 Å². The van der Waals surface area contributed by atoms with E-state index in [1.807, 2.05) is 0 Å². The van der Waals surface area contributed by atoms with Gasteiger partial charge in [0.15, 0.2) is 0 Å². The van der Waals surface area contributed by atoms with Gasteiger partial charge in [-0.3, -0.25) is 0 Å². The highest BCUT2D eigenvalue weighted by molar-refractivity contribution is 5.26. The summed E-state index contributed by atoms with van der Waals surface area (Å²) in [5, 5.41) is 0. The molecule has 0 saturated heterocycles. The van der Waals surface area contributed by atoms with Gasteiger partial charge in [0, 0.05) is 0 Å². The predicted molar refractivity (Wildman–Crippen MR) is 110 cm³/mol. The van der Waals surface area contributed by atoms with Gasteiger partial charge in [0.25, 0.3) is 0 Å². The molecule has 0 nitrogen and oxygen atoms in total. The van der Waals surface area contributed by atoms with Gasteiger partial charge >= 0.3 is 0 Å². The Kier molecular flexibility index (Phi) is 10.4. The van der Waals surface area contributed by atoms with Crippen LogP contribution in [0.15, 0.2) is 24.3 Å². The summed E-state index contributed by atoms with van der Waals surface area (Å²) in [6.07, 6.45) is 15.4. The van der Waals surface area contributed by atoms with E-state index in [1.165, 1.54) is 81.8 Å². The number of benzene rings is 1. The van der Waals surface area contributed by atoms with Crippen molar-refractivity contribution in [2.75, 3.05) is 0 Å². The van der Waals surface area contributed by atoms with Gasteiger partial charge in [0.2, 0.25) is 0 Å². The first-order valence-electron chi connectivity index (χ1n) is 10.5. The highest BCUT2D eigenvalue weighted by Gasteiger charge is 2.21. The maximum atomic E-state index is 2.35. The molecule has 0 fully saturated rings. The molecule has 1 atom stereocenters. The highest BCUT2D eigenvalue weighted by Crippen LogP contribution is 2.34. The molecule has 0 aliphatic heterocycles. The van der Waals surface area contributed by atoms with Crippen LogP contribution in [-0.4, -0.2) is 0 Å². The average molecular weight is 331 g/mol. The van der Waals surface area contributed by atoms with Gasteiger partial charge in [-0.1, -0.05) is 117 Å². The van der Waals surface area contributed by atoms with E-state index in [1.54, 1.807) is 0 Å². The predicted octanol–water partition coefficient (Wildman–Crippen LogP) is 8.30. The summed E-state index contributed by atoms with van der Waals surface area (Å²) < 4.78 is 0. The molecule has 1 aromatic carbocycles. The zero-order chi connectivity index (χ0) is 17.8. The lowest BCUT2D eigenvalue weighted by Crippen LogP contribution is -2.15. The molecule has 0 heteroatoms. The van der Waals surface area contributed by atoms with Crippen molar-refractivity contribution in [3.8, 4) is 0 Å². The van der Waals surface area contributed by atoms with E-state index >= 15 is 0 Å². The monoisotopic (exact) mass is 330 g/mol. The number of unbranched alkanes of at least 4 members (excludes halogenated alkanes) is 9. The summed E-state index contributed by atoms with van der Waals surface area (Å²) >= 11 is 0. The summed E-state index contributed by atoms with van der Waals surface area (Å²) in [5.41, 5.74) is 3.34. The van der Waals surface area contributed by atoms with Crippen molar-refractivity contribution in [2.24, 2.45) is 5.41 Å². The number of hydrogen-bond acceptors (Lipinski definition) is 0. The lowest BCUT2D eigenvalue weighted by atomic mass is 9.78. The minimum Gasteiger partial charge on any atom is -0.0654 e. The second kappa shape index (κ2) is 11.7. The molecule has 0 aromatic heterocycles. The van der Waals surface area contributed by atoms with Gasteiger partial charge in [-0.15, -0.1) is 0 Å². The van der Waals surface area contributed by atoms with Gasteiger partial charge in [0.1, 0.15) is 0 Å². The van der Waals surface area contributed by atoms with Crippen molar-refractivity contribution >= 4 is 0 Å². The van der Waals surface area contributed by atoms with Crippen molar-refractivity contribution in [3.63, 3.8) is 0 Å². The molecule has 1 unspecified atom stereocenters. The average Bonchev–Trinajstić information content (AvgIpc) is 2.55. The molecule has 0 N–H and O–H groups in total. The summed E-state index contributed by atoms with van der Waals surface area (Å²) in [6, 6.07) is 9.40. The third kappa shape index (κ3) is 8.90. The Morgan fingerprint density at radius 2 is 1.17 bits per heavy atom. The SMILES string of the molecule is CCCCCCCCCCCCc1ccc(C(C)C(C)(C)C)cc1. The normalized spacial score (nSPS) is 13.2. The van der Waals surface area contributed by atoms with Crippen molar-refractivity contribution < 1.29 is 0 Å². The van der Waals surface area contributed by atoms with Crippen LogP contribution in [0.4, 0.5) is 0 Å². The zero-order valence-electron chi connectivity index (χ0n) is 17.2. The number of rotatable bonds is 12. The van der Waals surface area contributed by atoms with E-state index in [0.29, 0.717) is 11.3 Å². The largest absolute Gasteiger partial charge is 0.0654 e. The topological polar surface area (TPSA) is 0 Å². The van der Waals surface area contributed by atoms with E-state index in [-0.39, 0.29) is 0 Å². The maximum Gasteiger partial charge on any atom is -0.0142 e. The van der Waals surface area contributed by atoms with Gasteiger partial charge < -0.3 is 0 Å². The van der Waals surface area contributed by atoms with Crippen LogP contribution in [0, 0.1) is 5.41 Å². The molecule has 138 valence electrons. The van der Waals surface area contributed by atoms with Crippen molar-refractivity contribution in [3.05, 3.63) is 35.4 Å². The molecule has 0 aliphatic rings. The van der Waals surface area contributed by atoms with E-state index in [2.05, 4.69) is 58.9 Å². The molecule has 0 heterocycles. The van der Waals surface area contributed by atoms with E-state index in [0.717, 1.165) is 0 Å². The van der Waals surface area contributed by atoms with E-state index in [4.69, 9.17) is 0 Å². The fraction of sp³-hybridized carbons (Fsp3) is 0.750.